The van der Waals surface area contributed by atoms with E-state index >= 15 is 4.39 Å². The fourth-order valence-corrected chi connectivity index (χ4v) is 4.72. The molecule has 0 aromatic heterocycles. The van der Waals surface area contributed by atoms with Crippen LogP contribution in [0.2, 0.25) is 5.02 Å². The normalized spacial score (nSPS) is 17.3. The molecule has 9 nitrogen and oxygen atoms in total. The molecule has 1 atom stereocenters. The Hall–Kier alpha value is -1.58. The number of nitrogens with zero attached hydrogens (tertiary/aromatic N) is 3. The molecule has 2 fully saturated rings. The average molecular weight is 768 g/mol. The zero-order valence-electron chi connectivity index (χ0n) is 28.4. The molecule has 2 aliphatic rings. The number of amides is 1. The minimum Gasteiger partial charge on any atom is -0.351 e. The van der Waals surface area contributed by atoms with Crippen LogP contribution in [0.25, 0.3) is 0 Å². The van der Waals surface area contributed by atoms with E-state index in [1.54, 1.807) is 37.3 Å². The summed E-state index contributed by atoms with van der Waals surface area (Å²) in [7, 11) is 6.11. The van der Waals surface area contributed by atoms with Crippen LogP contribution in [0.5, 0.6) is 0 Å². The van der Waals surface area contributed by atoms with Gasteiger partial charge in [0.1, 0.15) is 0 Å². The molecule has 3 N–H and O–H groups in total. The van der Waals surface area contributed by atoms with Gasteiger partial charge in [0.2, 0.25) is 0 Å². The van der Waals surface area contributed by atoms with Gasteiger partial charge in [-0.1, -0.05) is 53.9 Å². The highest BCUT2D eigenvalue weighted by atomic mass is 79.9. The number of rotatable bonds is 14. The summed E-state index contributed by atoms with van der Waals surface area (Å²) in [5.41, 5.74) is 3.04. The van der Waals surface area contributed by atoms with Crippen molar-refractivity contribution in [2.45, 2.75) is 66.4 Å². The third kappa shape index (κ3) is 18.7. The van der Waals surface area contributed by atoms with Gasteiger partial charge in [-0.2, -0.15) is 13.5 Å². The zero-order valence-corrected chi connectivity index (χ0v) is 32.5. The number of likely N-dealkylation sites (N-methyl/N-ethyl adjacent to an activating group) is 1. The van der Waals surface area contributed by atoms with E-state index < -0.39 is 11.7 Å². The number of carbonyl (C=O) groups excluding carboxylic acids is 1. The standard InChI is InChI=1S/C22H27BrClFN4O2.C7H16N2OS.C3H8.H2S/c1-4-6-19(27-13-26-5-2)20(25)21(28-18-10-9-16(23)11-17(18)24)14(3)22(30)29-31-12-15-7-8-15;1-8(2)11-10-7-4-5-9(3)6-7;1-3-2;/h4,6,9-11,13,15,28H,5,7-8,12H2,1-3H3,(H,26,27)(H,29,30);7H,4-6H2,1-3H3;3H2,1-2H3;1H2/b6-4-,20-19-,21-14-;;;. The number of benzene rings is 1. The summed E-state index contributed by atoms with van der Waals surface area (Å²) in [6, 6.07) is 5.13. The Balaban J connectivity index is 0.00000112. The largest absolute Gasteiger partial charge is 0.351 e. The Kier molecular flexibility index (Phi) is 24.6. The molecule has 1 saturated carbocycles. The second-order valence-corrected chi connectivity index (χ2v) is 13.2. The van der Waals surface area contributed by atoms with Gasteiger partial charge in [0.25, 0.3) is 5.91 Å². The quantitative estimate of drug-likeness (QED) is 0.0334. The number of likely N-dealkylation sites (tertiary alicyclic amines) is 1. The van der Waals surface area contributed by atoms with Crippen LogP contribution < -0.4 is 16.1 Å². The lowest BCUT2D eigenvalue weighted by molar-refractivity contribution is -0.129. The molecule has 1 aromatic rings. The lowest BCUT2D eigenvalue weighted by Crippen LogP contribution is -2.27. The van der Waals surface area contributed by atoms with Crippen molar-refractivity contribution in [1.82, 2.24) is 20.0 Å². The van der Waals surface area contributed by atoms with Crippen LogP contribution in [0, 0.1) is 5.92 Å². The first-order valence-corrected chi connectivity index (χ1v) is 17.2. The summed E-state index contributed by atoms with van der Waals surface area (Å²) in [6.07, 6.45) is 9.66. The van der Waals surface area contributed by atoms with Gasteiger partial charge in [0.15, 0.2) is 5.83 Å². The molecule has 0 radical (unpaired) electrons. The first kappa shape index (κ1) is 44.4. The summed E-state index contributed by atoms with van der Waals surface area (Å²) in [5, 5.41) is 6.14. The highest BCUT2D eigenvalue weighted by Crippen LogP contribution is 2.31. The second kappa shape index (κ2) is 25.4. The molecular formula is C32H53BrClFN6O3S2. The fourth-order valence-electron chi connectivity index (χ4n) is 3.55. The van der Waals surface area contributed by atoms with Gasteiger partial charge in [-0.3, -0.25) is 18.8 Å². The fraction of sp³-hybridized carbons (Fsp3) is 0.562. The Labute approximate surface area is 300 Å². The monoisotopic (exact) mass is 766 g/mol. The highest BCUT2D eigenvalue weighted by Gasteiger charge is 2.23. The van der Waals surface area contributed by atoms with Crippen molar-refractivity contribution >= 4 is 71.2 Å². The first-order chi connectivity index (χ1) is 21.5. The average Bonchev–Trinajstić information content (AvgIpc) is 3.73. The number of nitrogens with one attached hydrogen (secondary N) is 3. The van der Waals surface area contributed by atoms with Crippen molar-refractivity contribution in [3.05, 3.63) is 62.6 Å². The minimum absolute atomic E-state index is 0. The summed E-state index contributed by atoms with van der Waals surface area (Å²) >= 11 is 11.1. The van der Waals surface area contributed by atoms with E-state index in [1.807, 2.05) is 25.3 Å². The van der Waals surface area contributed by atoms with Crippen LogP contribution in [0.4, 0.5) is 10.1 Å². The highest BCUT2D eigenvalue weighted by molar-refractivity contribution is 9.10. The molecule has 262 valence electrons. The van der Waals surface area contributed by atoms with Crippen LogP contribution in [-0.2, 0) is 13.8 Å². The molecule has 0 bridgehead atoms. The molecule has 1 heterocycles. The SMILES string of the molecule is CCC.CN1CCC(OSN(C)C)C1.C\C=C/C(NC=NCC)=C(F)\C(Nc1ccc(Br)cc1Cl)=C(/C)C(=O)NOCC1CC1.S. The van der Waals surface area contributed by atoms with Crippen molar-refractivity contribution in [3.63, 3.8) is 0 Å². The maximum Gasteiger partial charge on any atom is 0.272 e. The molecule has 14 heteroatoms. The molecule has 46 heavy (non-hydrogen) atoms. The molecule has 1 aliphatic carbocycles. The van der Waals surface area contributed by atoms with Gasteiger partial charge in [0.05, 0.1) is 53.4 Å². The molecule has 1 aliphatic heterocycles. The van der Waals surface area contributed by atoms with Gasteiger partial charge < -0.3 is 15.5 Å². The van der Waals surface area contributed by atoms with E-state index in [-0.39, 0.29) is 30.5 Å². The number of carbonyl (C=O) groups is 1. The van der Waals surface area contributed by atoms with E-state index in [0.717, 1.165) is 30.3 Å². The number of hydrogen-bond donors (Lipinski definition) is 3. The molecule has 1 unspecified atom stereocenters. The number of allylic oxidation sites excluding steroid dienone is 3. The van der Waals surface area contributed by atoms with Crippen LogP contribution in [-0.4, -0.2) is 74.9 Å². The van der Waals surface area contributed by atoms with Crippen molar-refractivity contribution in [3.8, 4) is 0 Å². The summed E-state index contributed by atoms with van der Waals surface area (Å²) in [4.78, 5) is 24.2. The molecule has 3 rings (SSSR count). The maximum atomic E-state index is 15.6. The lowest BCUT2D eigenvalue weighted by atomic mass is 10.1. The van der Waals surface area contributed by atoms with Crippen molar-refractivity contribution < 1.29 is 18.2 Å². The molecule has 1 saturated heterocycles. The summed E-state index contributed by atoms with van der Waals surface area (Å²) in [5.74, 6) is -0.744. The molecule has 1 amide bonds. The minimum atomic E-state index is -0.672. The van der Waals surface area contributed by atoms with Crippen molar-refractivity contribution in [2.24, 2.45) is 10.9 Å². The Morgan fingerprint density at radius 2 is 1.93 bits per heavy atom. The first-order valence-electron chi connectivity index (χ1n) is 15.3. The number of hydrogen-bond acceptors (Lipinski definition) is 8. The Bertz CT molecular complexity index is 1170. The molecule has 0 spiro atoms. The smallest absolute Gasteiger partial charge is 0.272 e. The van der Waals surface area contributed by atoms with Crippen LogP contribution in [0.15, 0.2) is 62.6 Å². The molecule has 1 aromatic carbocycles. The van der Waals surface area contributed by atoms with Gasteiger partial charge in [-0.15, -0.1) is 0 Å². The Morgan fingerprint density at radius 1 is 1.26 bits per heavy atom. The van der Waals surface area contributed by atoms with Crippen LogP contribution >= 0.6 is 53.3 Å². The van der Waals surface area contributed by atoms with Crippen LogP contribution in [0.3, 0.4) is 0 Å². The molecular weight excluding hydrogens is 715 g/mol. The van der Waals surface area contributed by atoms with Crippen molar-refractivity contribution in [1.29, 1.82) is 0 Å². The Morgan fingerprint density at radius 3 is 2.46 bits per heavy atom. The van der Waals surface area contributed by atoms with E-state index in [0.29, 0.717) is 35.9 Å². The maximum absolute atomic E-state index is 15.6. The summed E-state index contributed by atoms with van der Waals surface area (Å²) < 4.78 is 23.9. The topological polar surface area (TPSA) is 90.5 Å². The zero-order chi connectivity index (χ0) is 33.8. The predicted molar refractivity (Wildman–Crippen MR) is 202 cm³/mol. The van der Waals surface area contributed by atoms with Gasteiger partial charge in [-0.25, -0.2) is 14.2 Å². The number of anilines is 1. The third-order valence-corrected chi connectivity index (χ3v) is 7.51. The lowest BCUT2D eigenvalue weighted by Gasteiger charge is -2.17. The number of hydroxylamine groups is 1. The van der Waals surface area contributed by atoms with Crippen LogP contribution in [0.1, 0.15) is 60.3 Å². The van der Waals surface area contributed by atoms with Crippen molar-refractivity contribution in [2.75, 3.05) is 52.7 Å². The van der Waals surface area contributed by atoms with E-state index in [1.165, 1.54) is 38.5 Å². The van der Waals surface area contributed by atoms with Gasteiger partial charge in [0, 0.05) is 29.7 Å². The summed E-state index contributed by atoms with van der Waals surface area (Å²) in [6.45, 7) is 12.6. The van der Waals surface area contributed by atoms with E-state index in [9.17, 15) is 4.79 Å². The number of aliphatic imine (C=N–C) groups is 1. The number of halogens is 3. The second-order valence-electron chi connectivity index (χ2n) is 10.8. The van der Waals surface area contributed by atoms with Gasteiger partial charge >= 0.3 is 0 Å². The van der Waals surface area contributed by atoms with E-state index in [4.69, 9.17) is 20.6 Å². The third-order valence-electron chi connectivity index (χ3n) is 6.05. The predicted octanol–water partition coefficient (Wildman–Crippen LogP) is 8.00. The van der Waals surface area contributed by atoms with E-state index in [2.05, 4.69) is 62.8 Å². The van der Waals surface area contributed by atoms with Gasteiger partial charge in [-0.05, 0) is 91.4 Å².